The maximum absolute atomic E-state index is 12.3. The van der Waals surface area contributed by atoms with Gasteiger partial charge in [0.1, 0.15) is 11.5 Å². The number of hydrogen-bond acceptors (Lipinski definition) is 5. The first-order chi connectivity index (χ1) is 11.6. The van der Waals surface area contributed by atoms with Crippen molar-refractivity contribution in [2.24, 2.45) is 0 Å². The fourth-order valence-corrected chi connectivity index (χ4v) is 2.27. The van der Waals surface area contributed by atoms with Crippen molar-refractivity contribution in [3.05, 3.63) is 48.5 Å². The quantitative estimate of drug-likeness (QED) is 0.727. The molecular weight excluding hydrogens is 308 g/mol. The first-order valence-corrected chi connectivity index (χ1v) is 7.58. The van der Waals surface area contributed by atoms with Crippen LogP contribution in [0.5, 0.6) is 11.5 Å². The van der Waals surface area contributed by atoms with E-state index < -0.39 is 18.1 Å². The highest BCUT2D eigenvalue weighted by Gasteiger charge is 2.24. The summed E-state index contributed by atoms with van der Waals surface area (Å²) < 4.78 is 10.4. The zero-order chi connectivity index (χ0) is 17.5. The van der Waals surface area contributed by atoms with Gasteiger partial charge in [0.2, 0.25) is 0 Å². The zero-order valence-electron chi connectivity index (χ0n) is 13.9. The van der Waals surface area contributed by atoms with Gasteiger partial charge in [0.05, 0.1) is 31.6 Å². The maximum Gasteiger partial charge on any atom is 0.255 e. The minimum Gasteiger partial charge on any atom is -0.495 e. The number of anilines is 2. The topological polar surface area (TPSA) is 79.8 Å². The lowest BCUT2D eigenvalue weighted by atomic mass is 10.1. The molecule has 0 fully saturated rings. The van der Waals surface area contributed by atoms with E-state index in [1.54, 1.807) is 44.4 Å². The van der Waals surface area contributed by atoms with Crippen molar-refractivity contribution in [3.63, 3.8) is 0 Å². The van der Waals surface area contributed by atoms with Crippen molar-refractivity contribution in [3.8, 4) is 11.5 Å². The van der Waals surface area contributed by atoms with Crippen LogP contribution in [-0.4, -0.2) is 37.4 Å². The van der Waals surface area contributed by atoms with Crippen LogP contribution in [0.3, 0.4) is 0 Å². The molecule has 0 aromatic heterocycles. The summed E-state index contributed by atoms with van der Waals surface area (Å²) in [5.41, 5.74) is 1.21. The zero-order valence-corrected chi connectivity index (χ0v) is 13.9. The molecule has 24 heavy (non-hydrogen) atoms. The van der Waals surface area contributed by atoms with Gasteiger partial charge in [-0.2, -0.15) is 0 Å². The van der Waals surface area contributed by atoms with Crippen LogP contribution in [0.15, 0.2) is 48.5 Å². The van der Waals surface area contributed by atoms with Crippen LogP contribution in [0.4, 0.5) is 11.4 Å². The molecule has 1 amide bonds. The number of methoxy groups -OCH3 is 2. The average Bonchev–Trinajstić information content (AvgIpc) is 2.61. The number of aliphatic hydroxyl groups excluding tert-OH is 1. The van der Waals surface area contributed by atoms with E-state index in [2.05, 4.69) is 10.6 Å². The van der Waals surface area contributed by atoms with Crippen molar-refractivity contribution in [2.45, 2.75) is 19.1 Å². The molecule has 0 spiro atoms. The standard InChI is InChI=1S/C18H22N2O4/c1-12(19-13-8-4-6-10-15(13)23-2)17(21)18(22)20-14-9-5-7-11-16(14)24-3/h4-12,17,19,21H,1-3H3,(H,20,22). The van der Waals surface area contributed by atoms with E-state index in [0.717, 1.165) is 0 Å². The van der Waals surface area contributed by atoms with Crippen LogP contribution < -0.4 is 20.1 Å². The third kappa shape index (κ3) is 4.17. The smallest absolute Gasteiger partial charge is 0.255 e. The van der Waals surface area contributed by atoms with E-state index in [-0.39, 0.29) is 0 Å². The fraction of sp³-hybridized carbons (Fsp3) is 0.278. The lowest BCUT2D eigenvalue weighted by molar-refractivity contribution is -0.124. The van der Waals surface area contributed by atoms with Crippen molar-refractivity contribution in [1.82, 2.24) is 0 Å². The molecule has 0 aliphatic rings. The number of nitrogens with one attached hydrogen (secondary N) is 2. The van der Waals surface area contributed by atoms with Gasteiger partial charge in [0, 0.05) is 0 Å². The SMILES string of the molecule is COc1ccccc1NC(=O)C(O)C(C)Nc1ccccc1OC. The summed E-state index contributed by atoms with van der Waals surface area (Å²) in [4.78, 5) is 12.3. The summed E-state index contributed by atoms with van der Waals surface area (Å²) in [6, 6.07) is 13.8. The van der Waals surface area contributed by atoms with Gasteiger partial charge in [-0.05, 0) is 31.2 Å². The van der Waals surface area contributed by atoms with Gasteiger partial charge in [0.25, 0.3) is 5.91 Å². The molecule has 0 aliphatic heterocycles. The lowest BCUT2D eigenvalue weighted by Crippen LogP contribution is -2.40. The normalized spacial score (nSPS) is 12.8. The first-order valence-electron chi connectivity index (χ1n) is 7.58. The van der Waals surface area contributed by atoms with Crippen LogP contribution in [0, 0.1) is 0 Å². The van der Waals surface area contributed by atoms with Crippen LogP contribution in [-0.2, 0) is 4.79 Å². The molecule has 6 heteroatoms. The first kappa shape index (κ1) is 17.6. The second-order valence-corrected chi connectivity index (χ2v) is 5.27. The summed E-state index contributed by atoms with van der Waals surface area (Å²) in [7, 11) is 3.09. The van der Waals surface area contributed by atoms with Crippen molar-refractivity contribution < 1.29 is 19.4 Å². The summed E-state index contributed by atoms with van der Waals surface area (Å²) in [5.74, 6) is 0.652. The van der Waals surface area contributed by atoms with E-state index in [0.29, 0.717) is 22.9 Å². The van der Waals surface area contributed by atoms with Crippen LogP contribution in [0.1, 0.15) is 6.92 Å². The monoisotopic (exact) mass is 330 g/mol. The van der Waals surface area contributed by atoms with Gasteiger partial charge in [0.15, 0.2) is 6.10 Å². The largest absolute Gasteiger partial charge is 0.495 e. The third-order valence-corrected chi connectivity index (χ3v) is 3.60. The molecule has 0 saturated heterocycles. The highest BCUT2D eigenvalue weighted by Crippen LogP contribution is 2.25. The summed E-state index contributed by atoms with van der Waals surface area (Å²) in [6.45, 7) is 1.72. The summed E-state index contributed by atoms with van der Waals surface area (Å²) in [6.07, 6.45) is -1.25. The summed E-state index contributed by atoms with van der Waals surface area (Å²) >= 11 is 0. The number of amides is 1. The van der Waals surface area contributed by atoms with E-state index in [1.165, 1.54) is 7.11 Å². The second-order valence-electron chi connectivity index (χ2n) is 5.27. The highest BCUT2D eigenvalue weighted by molar-refractivity contribution is 5.96. The number of para-hydroxylation sites is 4. The van der Waals surface area contributed by atoms with E-state index in [9.17, 15) is 9.90 Å². The average molecular weight is 330 g/mol. The number of benzene rings is 2. The van der Waals surface area contributed by atoms with Gasteiger partial charge in [-0.3, -0.25) is 4.79 Å². The predicted octanol–water partition coefficient (Wildman–Crippen LogP) is 2.50. The van der Waals surface area contributed by atoms with Gasteiger partial charge in [-0.1, -0.05) is 24.3 Å². The molecule has 2 aromatic rings. The van der Waals surface area contributed by atoms with Gasteiger partial charge >= 0.3 is 0 Å². The molecular formula is C18H22N2O4. The Morgan fingerprint density at radius 3 is 2.04 bits per heavy atom. The van der Waals surface area contributed by atoms with Crippen molar-refractivity contribution in [2.75, 3.05) is 24.9 Å². The molecule has 0 aliphatic carbocycles. The fourth-order valence-electron chi connectivity index (χ4n) is 2.27. The molecule has 0 saturated carbocycles. The molecule has 128 valence electrons. The van der Waals surface area contributed by atoms with E-state index in [1.807, 2.05) is 18.2 Å². The molecule has 3 N–H and O–H groups in total. The number of ether oxygens (including phenoxy) is 2. The predicted molar refractivity (Wildman–Crippen MR) is 93.7 cm³/mol. The van der Waals surface area contributed by atoms with Gasteiger partial charge < -0.3 is 25.2 Å². The Bertz CT molecular complexity index is 690. The van der Waals surface area contributed by atoms with Gasteiger partial charge in [-0.15, -0.1) is 0 Å². The lowest BCUT2D eigenvalue weighted by Gasteiger charge is -2.22. The Labute approximate surface area is 141 Å². The Morgan fingerprint density at radius 1 is 0.958 bits per heavy atom. The maximum atomic E-state index is 12.3. The molecule has 2 atom stereocenters. The number of hydrogen-bond donors (Lipinski definition) is 3. The van der Waals surface area contributed by atoms with Gasteiger partial charge in [-0.25, -0.2) is 0 Å². The second kappa shape index (κ2) is 8.21. The van der Waals surface area contributed by atoms with Crippen molar-refractivity contribution >= 4 is 17.3 Å². The number of aliphatic hydroxyl groups is 1. The third-order valence-electron chi connectivity index (χ3n) is 3.60. The molecule has 0 bridgehead atoms. The minimum absolute atomic E-state index is 0.508. The molecule has 2 unspecified atom stereocenters. The Morgan fingerprint density at radius 2 is 1.46 bits per heavy atom. The number of carbonyl (C=O) groups is 1. The molecule has 6 nitrogen and oxygen atoms in total. The summed E-state index contributed by atoms with van der Waals surface area (Å²) in [5, 5.41) is 16.0. The van der Waals surface area contributed by atoms with Crippen LogP contribution in [0.2, 0.25) is 0 Å². The Hall–Kier alpha value is -2.73. The minimum atomic E-state index is -1.25. The van der Waals surface area contributed by atoms with Crippen LogP contribution in [0.25, 0.3) is 0 Å². The molecule has 2 aromatic carbocycles. The van der Waals surface area contributed by atoms with E-state index in [4.69, 9.17) is 9.47 Å². The van der Waals surface area contributed by atoms with Crippen molar-refractivity contribution in [1.29, 1.82) is 0 Å². The number of carbonyl (C=O) groups excluding carboxylic acids is 1. The Balaban J connectivity index is 2.04. The number of rotatable bonds is 7. The molecule has 2 rings (SSSR count). The highest BCUT2D eigenvalue weighted by atomic mass is 16.5. The molecule has 0 radical (unpaired) electrons. The molecule has 0 heterocycles. The van der Waals surface area contributed by atoms with E-state index >= 15 is 0 Å². The van der Waals surface area contributed by atoms with Crippen LogP contribution >= 0.6 is 0 Å². The Kier molecular flexibility index (Phi) is 6.03.